The summed E-state index contributed by atoms with van der Waals surface area (Å²) < 4.78 is 5.03. The molecule has 1 N–H and O–H groups in total. The Morgan fingerprint density at radius 1 is 1.77 bits per heavy atom. The van der Waals surface area contributed by atoms with E-state index in [1.165, 1.54) is 11.8 Å². The number of carboxylic acids is 1. The van der Waals surface area contributed by atoms with Crippen molar-refractivity contribution in [3.63, 3.8) is 0 Å². The lowest BCUT2D eigenvalue weighted by Crippen LogP contribution is -2.13. The normalized spacial score (nSPS) is 12.8. The van der Waals surface area contributed by atoms with E-state index in [4.69, 9.17) is 21.1 Å². The number of carbonyl (C=O) groups is 1. The van der Waals surface area contributed by atoms with Gasteiger partial charge in [0.15, 0.2) is 5.22 Å². The van der Waals surface area contributed by atoms with Gasteiger partial charge < -0.3 is 9.52 Å². The fourth-order valence-electron chi connectivity index (χ4n) is 0.957. The molecule has 0 aliphatic carbocycles. The molecule has 0 radical (unpaired) electrons. The van der Waals surface area contributed by atoms with Crippen molar-refractivity contribution in [2.45, 2.75) is 5.92 Å². The summed E-state index contributed by atoms with van der Waals surface area (Å²) in [6.07, 6.45) is 1.85. The van der Waals surface area contributed by atoms with Crippen molar-refractivity contribution in [1.82, 2.24) is 0 Å². The van der Waals surface area contributed by atoms with E-state index in [0.29, 0.717) is 11.5 Å². The van der Waals surface area contributed by atoms with Crippen molar-refractivity contribution < 1.29 is 14.3 Å². The predicted molar refractivity (Wildman–Crippen MR) is 52.5 cm³/mol. The molecule has 0 saturated heterocycles. The van der Waals surface area contributed by atoms with Gasteiger partial charge in [-0.3, -0.25) is 4.79 Å². The number of halogens is 1. The van der Waals surface area contributed by atoms with E-state index in [-0.39, 0.29) is 5.22 Å². The SMILES string of the molecule is CSCC(C(=O)O)c1ccc(Cl)o1. The fourth-order valence-corrected chi connectivity index (χ4v) is 1.75. The first-order chi connectivity index (χ1) is 6.15. The molecule has 1 aromatic heterocycles. The van der Waals surface area contributed by atoms with Gasteiger partial charge in [-0.1, -0.05) is 0 Å². The third kappa shape index (κ3) is 2.67. The second-order valence-corrected chi connectivity index (χ2v) is 3.77. The quantitative estimate of drug-likeness (QED) is 0.847. The Hall–Kier alpha value is -0.610. The molecule has 1 heterocycles. The molecule has 1 unspecified atom stereocenters. The third-order valence-corrected chi connectivity index (χ3v) is 2.44. The molecule has 5 heteroatoms. The molecule has 0 aliphatic heterocycles. The Morgan fingerprint density at radius 3 is 2.85 bits per heavy atom. The van der Waals surface area contributed by atoms with E-state index in [2.05, 4.69) is 0 Å². The van der Waals surface area contributed by atoms with Crippen LogP contribution in [0, 0.1) is 0 Å². The van der Waals surface area contributed by atoms with Crippen LogP contribution in [-0.2, 0) is 4.79 Å². The summed E-state index contributed by atoms with van der Waals surface area (Å²) >= 11 is 7.00. The van der Waals surface area contributed by atoms with Crippen LogP contribution in [0.5, 0.6) is 0 Å². The van der Waals surface area contributed by atoms with E-state index in [0.717, 1.165) is 0 Å². The van der Waals surface area contributed by atoms with E-state index in [1.54, 1.807) is 12.1 Å². The van der Waals surface area contributed by atoms with Crippen LogP contribution in [-0.4, -0.2) is 23.1 Å². The zero-order chi connectivity index (χ0) is 9.84. The van der Waals surface area contributed by atoms with Crippen LogP contribution >= 0.6 is 23.4 Å². The van der Waals surface area contributed by atoms with Crippen molar-refractivity contribution in [3.05, 3.63) is 23.1 Å². The van der Waals surface area contributed by atoms with Crippen molar-refractivity contribution in [2.24, 2.45) is 0 Å². The first kappa shape index (κ1) is 10.5. The maximum atomic E-state index is 10.8. The molecule has 0 aliphatic rings. The van der Waals surface area contributed by atoms with Crippen LogP contribution < -0.4 is 0 Å². The summed E-state index contributed by atoms with van der Waals surface area (Å²) in [5.41, 5.74) is 0. The summed E-state index contributed by atoms with van der Waals surface area (Å²) in [6, 6.07) is 3.14. The van der Waals surface area contributed by atoms with E-state index < -0.39 is 11.9 Å². The maximum Gasteiger partial charge on any atom is 0.315 e. The van der Waals surface area contributed by atoms with E-state index >= 15 is 0 Å². The highest BCUT2D eigenvalue weighted by atomic mass is 35.5. The van der Waals surface area contributed by atoms with Gasteiger partial charge in [0.1, 0.15) is 11.7 Å². The lowest BCUT2D eigenvalue weighted by atomic mass is 10.1. The lowest BCUT2D eigenvalue weighted by molar-refractivity contribution is -0.138. The lowest BCUT2D eigenvalue weighted by Gasteiger charge is -2.06. The largest absolute Gasteiger partial charge is 0.481 e. The number of hydrogen-bond donors (Lipinski definition) is 1. The number of hydrogen-bond acceptors (Lipinski definition) is 3. The number of thioether (sulfide) groups is 1. The molecule has 0 amide bonds. The molecule has 0 fully saturated rings. The average Bonchev–Trinajstić information content (AvgIpc) is 2.46. The Bertz CT molecular complexity index is 297. The van der Waals surface area contributed by atoms with Gasteiger partial charge in [0, 0.05) is 5.75 Å². The molecule has 3 nitrogen and oxygen atoms in total. The molecule has 0 aromatic carbocycles. The first-order valence-electron chi connectivity index (χ1n) is 3.62. The van der Waals surface area contributed by atoms with Crippen LogP contribution in [0.3, 0.4) is 0 Å². The minimum atomic E-state index is -0.889. The van der Waals surface area contributed by atoms with Crippen molar-refractivity contribution in [1.29, 1.82) is 0 Å². The second-order valence-electron chi connectivity index (χ2n) is 2.49. The summed E-state index contributed by atoms with van der Waals surface area (Å²) in [5.74, 6) is -0.603. The summed E-state index contributed by atoms with van der Waals surface area (Å²) in [7, 11) is 0. The smallest absolute Gasteiger partial charge is 0.315 e. The van der Waals surface area contributed by atoms with Crippen molar-refractivity contribution in [3.8, 4) is 0 Å². The highest BCUT2D eigenvalue weighted by molar-refractivity contribution is 7.98. The van der Waals surface area contributed by atoms with Gasteiger partial charge in [0.05, 0.1) is 0 Å². The Morgan fingerprint density at radius 2 is 2.46 bits per heavy atom. The summed E-state index contributed by atoms with van der Waals surface area (Å²) in [5, 5.41) is 9.08. The number of carboxylic acid groups (broad SMARTS) is 1. The zero-order valence-electron chi connectivity index (χ0n) is 6.99. The summed E-state index contributed by atoms with van der Waals surface area (Å²) in [4.78, 5) is 10.8. The van der Waals surface area contributed by atoms with Gasteiger partial charge >= 0.3 is 5.97 Å². The standard InChI is InChI=1S/C8H9ClO3S/c1-13-4-5(8(10)11)6-2-3-7(9)12-6/h2-3,5H,4H2,1H3,(H,10,11). The highest BCUT2D eigenvalue weighted by Gasteiger charge is 2.22. The first-order valence-corrected chi connectivity index (χ1v) is 5.39. The van der Waals surface area contributed by atoms with E-state index in [9.17, 15) is 4.79 Å². The molecule has 1 aromatic rings. The summed E-state index contributed by atoms with van der Waals surface area (Å²) in [6.45, 7) is 0. The second kappa shape index (κ2) is 4.58. The third-order valence-electron chi connectivity index (χ3n) is 1.57. The van der Waals surface area contributed by atoms with Gasteiger partial charge in [-0.2, -0.15) is 11.8 Å². The van der Waals surface area contributed by atoms with Crippen molar-refractivity contribution in [2.75, 3.05) is 12.0 Å². The Labute approximate surface area is 85.1 Å². The zero-order valence-corrected chi connectivity index (χ0v) is 8.56. The van der Waals surface area contributed by atoms with Gasteiger partial charge in [-0.15, -0.1) is 0 Å². The fraction of sp³-hybridized carbons (Fsp3) is 0.375. The Balaban J connectivity index is 2.81. The van der Waals surface area contributed by atoms with Gasteiger partial charge in [-0.25, -0.2) is 0 Å². The highest BCUT2D eigenvalue weighted by Crippen LogP contribution is 2.24. The average molecular weight is 221 g/mol. The minimum Gasteiger partial charge on any atom is -0.481 e. The molecule has 0 bridgehead atoms. The maximum absolute atomic E-state index is 10.8. The molecular weight excluding hydrogens is 212 g/mol. The van der Waals surface area contributed by atoms with Crippen LogP contribution in [0.4, 0.5) is 0 Å². The van der Waals surface area contributed by atoms with E-state index in [1.807, 2.05) is 6.26 Å². The van der Waals surface area contributed by atoms with Crippen LogP contribution in [0.2, 0.25) is 5.22 Å². The molecule has 1 rings (SSSR count). The number of aliphatic carboxylic acids is 1. The number of furan rings is 1. The van der Waals surface area contributed by atoms with Crippen LogP contribution in [0.1, 0.15) is 11.7 Å². The molecule has 13 heavy (non-hydrogen) atoms. The molecule has 1 atom stereocenters. The topological polar surface area (TPSA) is 50.4 Å². The molecular formula is C8H9ClO3S. The van der Waals surface area contributed by atoms with Gasteiger partial charge in [-0.05, 0) is 30.0 Å². The predicted octanol–water partition coefficient (Wildman–Crippen LogP) is 2.46. The van der Waals surface area contributed by atoms with Gasteiger partial charge in [0.25, 0.3) is 0 Å². The monoisotopic (exact) mass is 220 g/mol. The van der Waals surface area contributed by atoms with Crippen LogP contribution in [0.15, 0.2) is 16.5 Å². The Kier molecular flexibility index (Phi) is 3.69. The van der Waals surface area contributed by atoms with Gasteiger partial charge in [0.2, 0.25) is 0 Å². The number of rotatable bonds is 4. The molecule has 0 saturated carbocycles. The minimum absolute atomic E-state index is 0.224. The van der Waals surface area contributed by atoms with Crippen LogP contribution in [0.25, 0.3) is 0 Å². The molecule has 0 spiro atoms. The molecule has 72 valence electrons. The van der Waals surface area contributed by atoms with Crippen molar-refractivity contribution >= 4 is 29.3 Å².